The van der Waals surface area contributed by atoms with Gasteiger partial charge in [0, 0.05) is 5.41 Å². The Bertz CT molecular complexity index is 194. The quantitative estimate of drug-likeness (QED) is 0.499. The molecule has 2 N–H and O–H groups in total. The molecule has 0 amide bonds. The Morgan fingerprint density at radius 1 is 1.42 bits per heavy atom. The van der Waals surface area contributed by atoms with Gasteiger partial charge < -0.3 is 5.73 Å². The Balaban J connectivity index is 2.69. The van der Waals surface area contributed by atoms with Crippen molar-refractivity contribution in [3.8, 4) is 0 Å². The molecule has 0 atom stereocenters. The summed E-state index contributed by atoms with van der Waals surface area (Å²) in [5.41, 5.74) is 6.17. The number of amidine groups is 1. The first-order chi connectivity index (χ1) is 5.40. The van der Waals surface area contributed by atoms with Gasteiger partial charge in [0.15, 0.2) is 0 Å². The largest absolute Gasteiger partial charge is 0.387 e. The second-order valence-corrected chi connectivity index (χ2v) is 4.82. The van der Waals surface area contributed by atoms with Crippen molar-refractivity contribution in [1.29, 1.82) is 0 Å². The van der Waals surface area contributed by atoms with Gasteiger partial charge >= 0.3 is 0 Å². The van der Waals surface area contributed by atoms with E-state index in [0.29, 0.717) is 0 Å². The molecule has 0 aromatic carbocycles. The van der Waals surface area contributed by atoms with Crippen LogP contribution in [0.3, 0.4) is 0 Å². The molecule has 2 heteroatoms. The fourth-order valence-corrected chi connectivity index (χ4v) is 1.11. The molecule has 2 nitrogen and oxygen atoms in total. The molecule has 0 unspecified atom stereocenters. The van der Waals surface area contributed by atoms with E-state index in [4.69, 9.17) is 5.73 Å². The third-order valence-corrected chi connectivity index (χ3v) is 2.61. The molecule has 1 aliphatic carbocycles. The molecule has 0 saturated heterocycles. The Morgan fingerprint density at radius 3 is 2.17 bits per heavy atom. The number of hydrogen-bond donors (Lipinski definition) is 1. The minimum Gasteiger partial charge on any atom is -0.387 e. The summed E-state index contributed by atoms with van der Waals surface area (Å²) in [5.74, 6) is 0.807. The minimum absolute atomic E-state index is 0.0325. The van der Waals surface area contributed by atoms with E-state index in [9.17, 15) is 0 Å². The average molecular weight is 168 g/mol. The van der Waals surface area contributed by atoms with Crippen LogP contribution in [0.1, 0.15) is 47.0 Å². The summed E-state index contributed by atoms with van der Waals surface area (Å²) in [6, 6.07) is 0. The van der Waals surface area contributed by atoms with E-state index in [-0.39, 0.29) is 11.0 Å². The average Bonchev–Trinajstić information content (AvgIpc) is 2.67. The Labute approximate surface area is 75.3 Å². The smallest absolute Gasteiger partial charge is 0.0998 e. The molecule has 0 aliphatic heterocycles. The van der Waals surface area contributed by atoms with Crippen molar-refractivity contribution in [2.24, 2.45) is 16.1 Å². The van der Waals surface area contributed by atoms with E-state index in [2.05, 4.69) is 32.7 Å². The van der Waals surface area contributed by atoms with Crippen molar-refractivity contribution >= 4 is 5.84 Å². The van der Waals surface area contributed by atoms with Crippen LogP contribution in [0.5, 0.6) is 0 Å². The van der Waals surface area contributed by atoms with Crippen LogP contribution >= 0.6 is 0 Å². The summed E-state index contributed by atoms with van der Waals surface area (Å²) in [6.07, 6.45) is 3.57. The van der Waals surface area contributed by atoms with Crippen LogP contribution in [-0.4, -0.2) is 11.4 Å². The van der Waals surface area contributed by atoms with Crippen LogP contribution in [0.15, 0.2) is 4.99 Å². The highest BCUT2D eigenvalue weighted by Crippen LogP contribution is 2.43. The molecule has 1 rings (SSSR count). The van der Waals surface area contributed by atoms with Crippen LogP contribution in [0.4, 0.5) is 0 Å². The van der Waals surface area contributed by atoms with Gasteiger partial charge in [0.05, 0.1) is 11.4 Å². The lowest BCUT2D eigenvalue weighted by atomic mass is 9.95. The highest BCUT2D eigenvalue weighted by Gasteiger charge is 2.41. The van der Waals surface area contributed by atoms with E-state index >= 15 is 0 Å². The highest BCUT2D eigenvalue weighted by atomic mass is 15.0. The van der Waals surface area contributed by atoms with Crippen molar-refractivity contribution in [3.05, 3.63) is 0 Å². The molecule has 70 valence electrons. The molecule has 0 aromatic heterocycles. The van der Waals surface area contributed by atoms with Gasteiger partial charge in [-0.2, -0.15) is 0 Å². The lowest BCUT2D eigenvalue weighted by Gasteiger charge is -2.19. The molecule has 0 spiro atoms. The number of rotatable bonds is 2. The standard InChI is InChI=1S/C10H20N2/c1-5-10(6-7-10)12-8(11)9(2,3)4/h5-7H2,1-4H3,(H2,11,12). The van der Waals surface area contributed by atoms with E-state index in [1.54, 1.807) is 0 Å². The predicted molar refractivity (Wildman–Crippen MR) is 53.3 cm³/mol. The van der Waals surface area contributed by atoms with Crippen LogP contribution in [-0.2, 0) is 0 Å². The maximum Gasteiger partial charge on any atom is 0.0998 e. The summed E-state index contributed by atoms with van der Waals surface area (Å²) in [4.78, 5) is 4.60. The summed E-state index contributed by atoms with van der Waals surface area (Å²) in [7, 11) is 0. The predicted octanol–water partition coefficient (Wildman–Crippen LogP) is 2.33. The molecular weight excluding hydrogens is 148 g/mol. The number of nitrogens with zero attached hydrogens (tertiary/aromatic N) is 1. The van der Waals surface area contributed by atoms with Gasteiger partial charge in [-0.1, -0.05) is 27.7 Å². The molecule has 0 bridgehead atoms. The zero-order valence-electron chi connectivity index (χ0n) is 8.65. The molecule has 0 aromatic rings. The minimum atomic E-state index is 0.0325. The van der Waals surface area contributed by atoms with Crippen molar-refractivity contribution in [1.82, 2.24) is 0 Å². The first-order valence-corrected chi connectivity index (χ1v) is 4.75. The fourth-order valence-electron chi connectivity index (χ4n) is 1.11. The zero-order chi connectivity index (χ0) is 9.41. The third kappa shape index (κ3) is 1.99. The molecule has 1 aliphatic rings. The van der Waals surface area contributed by atoms with Crippen molar-refractivity contribution in [3.63, 3.8) is 0 Å². The van der Waals surface area contributed by atoms with Crippen molar-refractivity contribution in [2.45, 2.75) is 52.5 Å². The van der Waals surface area contributed by atoms with E-state index < -0.39 is 0 Å². The van der Waals surface area contributed by atoms with E-state index in [1.807, 2.05) is 0 Å². The molecule has 0 radical (unpaired) electrons. The lowest BCUT2D eigenvalue weighted by Crippen LogP contribution is -2.31. The monoisotopic (exact) mass is 168 g/mol. The Hall–Kier alpha value is -0.530. The molecule has 1 fully saturated rings. The van der Waals surface area contributed by atoms with Gasteiger partial charge in [0.25, 0.3) is 0 Å². The molecule has 0 heterocycles. The summed E-state index contributed by atoms with van der Waals surface area (Å²) in [6.45, 7) is 8.51. The fraction of sp³-hybridized carbons (Fsp3) is 0.900. The first-order valence-electron chi connectivity index (χ1n) is 4.75. The third-order valence-electron chi connectivity index (χ3n) is 2.61. The van der Waals surface area contributed by atoms with Gasteiger partial charge in [-0.3, -0.25) is 4.99 Å². The Morgan fingerprint density at radius 2 is 1.92 bits per heavy atom. The van der Waals surface area contributed by atoms with E-state index in [1.165, 1.54) is 12.8 Å². The second-order valence-electron chi connectivity index (χ2n) is 4.82. The van der Waals surface area contributed by atoms with Gasteiger partial charge in [-0.05, 0) is 19.3 Å². The van der Waals surface area contributed by atoms with Crippen LogP contribution in [0.25, 0.3) is 0 Å². The normalized spacial score (nSPS) is 22.5. The summed E-state index contributed by atoms with van der Waals surface area (Å²) in [5, 5.41) is 0. The molecule has 12 heavy (non-hydrogen) atoms. The lowest BCUT2D eigenvalue weighted by molar-refractivity contribution is 0.561. The van der Waals surface area contributed by atoms with Gasteiger partial charge in [0.2, 0.25) is 0 Å². The number of hydrogen-bond acceptors (Lipinski definition) is 1. The van der Waals surface area contributed by atoms with Gasteiger partial charge in [0.1, 0.15) is 0 Å². The summed E-state index contributed by atoms with van der Waals surface area (Å²) >= 11 is 0. The SMILES string of the molecule is CCC1(N=C(N)C(C)(C)C)CC1. The molecule has 1 saturated carbocycles. The van der Waals surface area contributed by atoms with Crippen molar-refractivity contribution < 1.29 is 0 Å². The first kappa shape index (κ1) is 9.56. The van der Waals surface area contributed by atoms with Crippen LogP contribution in [0.2, 0.25) is 0 Å². The van der Waals surface area contributed by atoms with Crippen molar-refractivity contribution in [2.75, 3.05) is 0 Å². The maximum atomic E-state index is 5.90. The number of aliphatic imine (C=N–C) groups is 1. The zero-order valence-corrected chi connectivity index (χ0v) is 8.65. The highest BCUT2D eigenvalue weighted by molar-refractivity contribution is 5.86. The van der Waals surface area contributed by atoms with Gasteiger partial charge in [-0.25, -0.2) is 0 Å². The number of nitrogens with two attached hydrogens (primary N) is 1. The second kappa shape index (κ2) is 2.75. The Kier molecular flexibility index (Phi) is 2.19. The van der Waals surface area contributed by atoms with E-state index in [0.717, 1.165) is 12.3 Å². The summed E-state index contributed by atoms with van der Waals surface area (Å²) < 4.78 is 0. The maximum absolute atomic E-state index is 5.90. The van der Waals surface area contributed by atoms with Crippen LogP contribution in [0, 0.1) is 5.41 Å². The molecular formula is C10H20N2. The van der Waals surface area contributed by atoms with Gasteiger partial charge in [-0.15, -0.1) is 0 Å². The topological polar surface area (TPSA) is 38.4 Å². The van der Waals surface area contributed by atoms with Crippen LogP contribution < -0.4 is 5.73 Å².